The van der Waals surface area contributed by atoms with E-state index in [4.69, 9.17) is 5.73 Å². The Morgan fingerprint density at radius 2 is 2.18 bits per heavy atom. The van der Waals surface area contributed by atoms with Gasteiger partial charge in [0.25, 0.3) is 0 Å². The Kier molecular flexibility index (Phi) is 2.35. The Balaban J connectivity index is 2.03. The number of rotatable bonds is 1. The van der Waals surface area contributed by atoms with Gasteiger partial charge in [0.2, 0.25) is 0 Å². The normalized spacial score (nSPS) is 19.0. The smallest absolute Gasteiger partial charge is 0.183 e. The molecule has 3 rings (SSSR count). The maximum Gasteiger partial charge on any atom is 0.183 e. The van der Waals surface area contributed by atoms with Gasteiger partial charge in [0.15, 0.2) is 5.82 Å². The Bertz CT molecular complexity index is 544. The van der Waals surface area contributed by atoms with Gasteiger partial charge in [-0.1, -0.05) is 19.1 Å². The van der Waals surface area contributed by atoms with Gasteiger partial charge in [-0.2, -0.15) is 5.10 Å². The fourth-order valence-corrected chi connectivity index (χ4v) is 2.28. The summed E-state index contributed by atoms with van der Waals surface area (Å²) in [6, 6.07) is 7.75. The van der Waals surface area contributed by atoms with Crippen LogP contribution in [0.3, 0.4) is 0 Å². The van der Waals surface area contributed by atoms with Crippen LogP contribution in [-0.4, -0.2) is 14.8 Å². The first-order chi connectivity index (χ1) is 8.24. The van der Waals surface area contributed by atoms with Gasteiger partial charge in [-0.25, -0.2) is 9.67 Å². The second-order valence-electron chi connectivity index (χ2n) is 4.76. The average molecular weight is 228 g/mol. The van der Waals surface area contributed by atoms with Crippen molar-refractivity contribution < 1.29 is 0 Å². The van der Waals surface area contributed by atoms with E-state index in [1.165, 1.54) is 6.42 Å². The van der Waals surface area contributed by atoms with Crippen molar-refractivity contribution in [1.82, 2.24) is 14.8 Å². The highest BCUT2D eigenvalue weighted by Crippen LogP contribution is 2.25. The molecule has 1 aromatic heterocycles. The van der Waals surface area contributed by atoms with Crippen molar-refractivity contribution in [3.63, 3.8) is 0 Å². The number of nitrogen functional groups attached to an aromatic ring is 1. The molecule has 1 atom stereocenters. The molecule has 88 valence electrons. The van der Waals surface area contributed by atoms with Crippen LogP contribution in [0.15, 0.2) is 24.3 Å². The van der Waals surface area contributed by atoms with E-state index in [2.05, 4.69) is 17.0 Å². The molecule has 0 fully saturated rings. The van der Waals surface area contributed by atoms with Crippen molar-refractivity contribution in [2.75, 3.05) is 5.73 Å². The molecule has 4 nitrogen and oxygen atoms in total. The predicted octanol–water partition coefficient (Wildman–Crippen LogP) is 2.11. The van der Waals surface area contributed by atoms with E-state index >= 15 is 0 Å². The largest absolute Gasteiger partial charge is 0.398 e. The number of benzene rings is 1. The Morgan fingerprint density at radius 3 is 3.00 bits per heavy atom. The zero-order valence-corrected chi connectivity index (χ0v) is 9.93. The molecule has 2 N–H and O–H groups in total. The summed E-state index contributed by atoms with van der Waals surface area (Å²) in [6.45, 7) is 3.22. The number of anilines is 1. The van der Waals surface area contributed by atoms with Gasteiger partial charge >= 0.3 is 0 Å². The van der Waals surface area contributed by atoms with Crippen LogP contribution in [0.5, 0.6) is 0 Å². The first kappa shape index (κ1) is 10.3. The average Bonchev–Trinajstić information content (AvgIpc) is 2.72. The minimum absolute atomic E-state index is 0.685. The SMILES string of the molecule is CC1CCc2nc(-c3ccccc3N)nn2C1. The van der Waals surface area contributed by atoms with Crippen molar-refractivity contribution in [2.45, 2.75) is 26.3 Å². The zero-order valence-electron chi connectivity index (χ0n) is 9.93. The molecule has 0 spiro atoms. The molecule has 17 heavy (non-hydrogen) atoms. The van der Waals surface area contributed by atoms with Crippen molar-refractivity contribution >= 4 is 5.69 Å². The number of aromatic nitrogens is 3. The number of hydrogen-bond donors (Lipinski definition) is 1. The second-order valence-corrected chi connectivity index (χ2v) is 4.76. The molecule has 2 aromatic rings. The fraction of sp³-hybridized carbons (Fsp3) is 0.385. The van der Waals surface area contributed by atoms with E-state index in [1.54, 1.807) is 0 Å². The van der Waals surface area contributed by atoms with Gasteiger partial charge in [-0.3, -0.25) is 0 Å². The van der Waals surface area contributed by atoms with E-state index < -0.39 is 0 Å². The van der Waals surface area contributed by atoms with Crippen LogP contribution in [0.1, 0.15) is 19.2 Å². The van der Waals surface area contributed by atoms with Gasteiger partial charge in [-0.05, 0) is 24.5 Å². The minimum atomic E-state index is 0.685. The molecule has 1 aromatic carbocycles. The zero-order chi connectivity index (χ0) is 11.8. The van der Waals surface area contributed by atoms with Crippen LogP contribution in [-0.2, 0) is 13.0 Å². The standard InChI is InChI=1S/C13H16N4/c1-9-6-7-12-15-13(16-17(12)8-9)10-4-2-3-5-11(10)14/h2-5,9H,6-8,14H2,1H3. The van der Waals surface area contributed by atoms with Crippen LogP contribution in [0.2, 0.25) is 0 Å². The minimum Gasteiger partial charge on any atom is -0.398 e. The number of aryl methyl sites for hydroxylation is 1. The second kappa shape index (κ2) is 3.87. The highest BCUT2D eigenvalue weighted by molar-refractivity contribution is 5.70. The molecule has 1 aliphatic rings. The fourth-order valence-electron chi connectivity index (χ4n) is 2.28. The molecule has 0 aliphatic carbocycles. The third-order valence-corrected chi connectivity index (χ3v) is 3.30. The summed E-state index contributed by atoms with van der Waals surface area (Å²) in [4.78, 5) is 4.59. The van der Waals surface area contributed by atoms with Crippen molar-refractivity contribution in [1.29, 1.82) is 0 Å². The van der Waals surface area contributed by atoms with E-state index in [-0.39, 0.29) is 0 Å². The molecule has 1 aliphatic heterocycles. The molecule has 4 heteroatoms. The summed E-state index contributed by atoms with van der Waals surface area (Å²) in [5.41, 5.74) is 7.62. The van der Waals surface area contributed by atoms with E-state index in [0.29, 0.717) is 5.92 Å². The Labute approximate surface area is 100 Å². The molecule has 2 heterocycles. The van der Waals surface area contributed by atoms with Crippen molar-refractivity contribution in [2.24, 2.45) is 5.92 Å². The van der Waals surface area contributed by atoms with Crippen LogP contribution in [0.25, 0.3) is 11.4 Å². The summed E-state index contributed by atoms with van der Waals surface area (Å²) < 4.78 is 2.02. The molecule has 0 bridgehead atoms. The van der Waals surface area contributed by atoms with Crippen LogP contribution >= 0.6 is 0 Å². The lowest BCUT2D eigenvalue weighted by molar-refractivity contribution is 0.368. The van der Waals surface area contributed by atoms with Gasteiger partial charge in [0.1, 0.15) is 5.82 Å². The Hall–Kier alpha value is -1.84. The van der Waals surface area contributed by atoms with Crippen LogP contribution < -0.4 is 5.73 Å². The molecule has 0 radical (unpaired) electrons. The maximum atomic E-state index is 5.95. The monoisotopic (exact) mass is 228 g/mol. The molecular formula is C13H16N4. The quantitative estimate of drug-likeness (QED) is 0.760. The molecule has 0 amide bonds. The first-order valence-corrected chi connectivity index (χ1v) is 6.02. The van der Waals surface area contributed by atoms with Crippen LogP contribution in [0, 0.1) is 5.92 Å². The van der Waals surface area contributed by atoms with Gasteiger partial charge < -0.3 is 5.73 Å². The molecular weight excluding hydrogens is 212 g/mol. The highest BCUT2D eigenvalue weighted by Gasteiger charge is 2.19. The van der Waals surface area contributed by atoms with Gasteiger partial charge in [0.05, 0.1) is 0 Å². The first-order valence-electron chi connectivity index (χ1n) is 6.02. The summed E-state index contributed by atoms with van der Waals surface area (Å²) in [6.07, 6.45) is 2.21. The molecule has 1 unspecified atom stereocenters. The van der Waals surface area contributed by atoms with E-state index in [9.17, 15) is 0 Å². The number of nitrogens with two attached hydrogens (primary N) is 1. The predicted molar refractivity (Wildman–Crippen MR) is 67.4 cm³/mol. The van der Waals surface area contributed by atoms with Crippen molar-refractivity contribution in [3.8, 4) is 11.4 Å². The van der Waals surface area contributed by atoms with Crippen LogP contribution in [0.4, 0.5) is 5.69 Å². The number of nitrogens with zero attached hydrogens (tertiary/aromatic N) is 3. The van der Waals surface area contributed by atoms with Gasteiger partial charge in [0, 0.05) is 24.2 Å². The number of hydrogen-bond acceptors (Lipinski definition) is 3. The lowest BCUT2D eigenvalue weighted by Gasteiger charge is -2.17. The summed E-state index contributed by atoms with van der Waals surface area (Å²) in [5.74, 6) is 2.53. The topological polar surface area (TPSA) is 56.7 Å². The van der Waals surface area contributed by atoms with E-state index in [0.717, 1.165) is 35.9 Å². The highest BCUT2D eigenvalue weighted by atomic mass is 15.4. The summed E-state index contributed by atoms with van der Waals surface area (Å²) in [7, 11) is 0. The molecule has 0 saturated heterocycles. The number of para-hydroxylation sites is 1. The number of fused-ring (bicyclic) bond motifs is 1. The van der Waals surface area contributed by atoms with Gasteiger partial charge in [-0.15, -0.1) is 0 Å². The third kappa shape index (κ3) is 1.79. The lowest BCUT2D eigenvalue weighted by Crippen LogP contribution is -2.18. The summed E-state index contributed by atoms with van der Waals surface area (Å²) >= 11 is 0. The van der Waals surface area contributed by atoms with Crippen molar-refractivity contribution in [3.05, 3.63) is 30.1 Å². The van der Waals surface area contributed by atoms with E-state index in [1.807, 2.05) is 28.9 Å². The summed E-state index contributed by atoms with van der Waals surface area (Å²) in [5, 5.41) is 4.56. The Morgan fingerprint density at radius 1 is 1.35 bits per heavy atom. The third-order valence-electron chi connectivity index (χ3n) is 3.30. The lowest BCUT2D eigenvalue weighted by atomic mass is 10.0. The molecule has 0 saturated carbocycles. The maximum absolute atomic E-state index is 5.95.